The fraction of sp³-hybridized carbons (Fsp3) is 0.217. The van der Waals surface area contributed by atoms with Gasteiger partial charge in [-0.25, -0.2) is 0 Å². The van der Waals surface area contributed by atoms with Crippen molar-refractivity contribution in [1.29, 1.82) is 0 Å². The molecule has 0 aliphatic carbocycles. The molecule has 1 N–H and O–H groups in total. The number of halogens is 6. The number of benzene rings is 3. The van der Waals surface area contributed by atoms with Crippen molar-refractivity contribution in [2.45, 2.75) is 31.8 Å². The zero-order valence-corrected chi connectivity index (χ0v) is 18.1. The van der Waals surface area contributed by atoms with Gasteiger partial charge in [-0.1, -0.05) is 47.5 Å². The second kappa shape index (κ2) is 7.37. The van der Waals surface area contributed by atoms with Crippen LogP contribution in [0.2, 0.25) is 0 Å². The average molecular weight is 486 g/mol. The lowest BCUT2D eigenvalue weighted by Crippen LogP contribution is -2.56. The molecule has 3 aromatic rings. The standard InChI is InChI=1S/C23H17F6O3P/c1-13-7-9-16-19(11-13)33(31,20-12-14(2)8-10-17(20)32-16)18-6-4-3-5-15(18)21(30,22(24,25)26)23(27,28)29/h3-12,30H,1-2H3. The van der Waals surface area contributed by atoms with E-state index in [1.165, 1.54) is 30.3 Å². The predicted octanol–water partition coefficient (Wildman–Crippen LogP) is 5.36. The topological polar surface area (TPSA) is 46.5 Å². The number of fused-ring (bicyclic) bond motifs is 2. The molecule has 1 heterocycles. The smallest absolute Gasteiger partial charge is 0.430 e. The van der Waals surface area contributed by atoms with Gasteiger partial charge in [0.05, 0.1) is 10.6 Å². The molecule has 0 unspecified atom stereocenters. The number of aryl methyl sites for hydroxylation is 2. The molecule has 0 bridgehead atoms. The molecule has 1 aliphatic rings. The highest BCUT2D eigenvalue weighted by Crippen LogP contribution is 2.56. The molecule has 0 saturated heterocycles. The minimum Gasteiger partial charge on any atom is -0.456 e. The van der Waals surface area contributed by atoms with Crippen LogP contribution in [0, 0.1) is 13.8 Å². The number of alkyl halides is 6. The quantitative estimate of drug-likeness (QED) is 0.307. The van der Waals surface area contributed by atoms with E-state index in [2.05, 4.69) is 0 Å². The van der Waals surface area contributed by atoms with Crippen LogP contribution in [0.4, 0.5) is 26.3 Å². The Morgan fingerprint density at radius 3 is 1.64 bits per heavy atom. The molecule has 0 fully saturated rings. The highest BCUT2D eigenvalue weighted by Gasteiger charge is 2.72. The fourth-order valence-corrected chi connectivity index (χ4v) is 7.23. The maximum atomic E-state index is 14.8. The van der Waals surface area contributed by atoms with Gasteiger partial charge in [-0.05, 0) is 38.1 Å². The summed E-state index contributed by atoms with van der Waals surface area (Å²) in [4.78, 5) is 0. The van der Waals surface area contributed by atoms with Crippen molar-refractivity contribution in [3.8, 4) is 11.5 Å². The van der Waals surface area contributed by atoms with Gasteiger partial charge in [0.2, 0.25) is 0 Å². The lowest BCUT2D eigenvalue weighted by atomic mass is 9.92. The summed E-state index contributed by atoms with van der Waals surface area (Å²) in [6.07, 6.45) is -12.3. The second-order valence-electron chi connectivity index (χ2n) is 7.88. The lowest BCUT2D eigenvalue weighted by molar-refractivity contribution is -0.375. The summed E-state index contributed by atoms with van der Waals surface area (Å²) in [5.74, 6) is 0.107. The molecule has 1 aliphatic heterocycles. The molecule has 174 valence electrons. The van der Waals surface area contributed by atoms with Crippen molar-refractivity contribution < 1.29 is 40.8 Å². The van der Waals surface area contributed by atoms with Crippen LogP contribution in [0.15, 0.2) is 60.7 Å². The Bertz CT molecular complexity index is 1230. The van der Waals surface area contributed by atoms with Crippen molar-refractivity contribution in [3.63, 3.8) is 0 Å². The van der Waals surface area contributed by atoms with Gasteiger partial charge in [-0.2, -0.15) is 26.3 Å². The zero-order chi connectivity index (χ0) is 24.4. The second-order valence-corrected chi connectivity index (χ2v) is 10.5. The molecular formula is C23H17F6O3P. The Kier molecular flexibility index (Phi) is 5.22. The maximum Gasteiger partial charge on any atom is 0.430 e. The van der Waals surface area contributed by atoms with Gasteiger partial charge in [0.25, 0.3) is 5.60 Å². The number of rotatable bonds is 2. The first-order valence-corrected chi connectivity index (χ1v) is 11.4. The number of ether oxygens (including phenoxy) is 1. The summed E-state index contributed by atoms with van der Waals surface area (Å²) >= 11 is 0. The molecule has 0 aromatic heterocycles. The SMILES string of the molecule is Cc1ccc2c(c1)P(=O)(c1ccccc1C(O)(C(F)(F)F)C(F)(F)F)c1cc(C)ccc1O2. The van der Waals surface area contributed by atoms with Crippen molar-refractivity contribution in [2.75, 3.05) is 0 Å². The first-order chi connectivity index (χ1) is 15.2. The summed E-state index contributed by atoms with van der Waals surface area (Å²) < 4.78 is 103. The van der Waals surface area contributed by atoms with Gasteiger partial charge in [0.15, 0.2) is 7.14 Å². The van der Waals surface area contributed by atoms with E-state index in [0.717, 1.165) is 12.1 Å². The van der Waals surface area contributed by atoms with E-state index in [1.54, 1.807) is 26.0 Å². The first-order valence-electron chi connectivity index (χ1n) is 9.67. The molecule has 4 rings (SSSR count). The zero-order valence-electron chi connectivity index (χ0n) is 17.3. The number of aliphatic hydroxyl groups is 1. The van der Waals surface area contributed by atoms with Crippen LogP contribution >= 0.6 is 7.14 Å². The molecule has 0 saturated carbocycles. The Morgan fingerprint density at radius 2 is 1.18 bits per heavy atom. The first kappa shape index (κ1) is 23.4. The molecule has 0 amide bonds. The summed E-state index contributed by atoms with van der Waals surface area (Å²) in [6, 6.07) is 12.6. The number of hydrogen-bond donors (Lipinski definition) is 1. The van der Waals surface area contributed by atoms with Crippen LogP contribution in [0.5, 0.6) is 11.5 Å². The van der Waals surface area contributed by atoms with Crippen LogP contribution in [0.25, 0.3) is 0 Å². The Hall–Kier alpha value is -2.77. The Balaban J connectivity index is 2.16. The minimum atomic E-state index is -6.13. The molecular weight excluding hydrogens is 469 g/mol. The van der Waals surface area contributed by atoms with Gasteiger partial charge >= 0.3 is 12.4 Å². The van der Waals surface area contributed by atoms with Crippen molar-refractivity contribution in [2.24, 2.45) is 0 Å². The van der Waals surface area contributed by atoms with E-state index in [0.29, 0.717) is 17.2 Å². The van der Waals surface area contributed by atoms with E-state index < -0.39 is 36.0 Å². The third kappa shape index (κ3) is 3.37. The van der Waals surface area contributed by atoms with Gasteiger partial charge in [-0.15, -0.1) is 0 Å². The monoisotopic (exact) mass is 486 g/mol. The van der Waals surface area contributed by atoms with Gasteiger partial charge in [-0.3, -0.25) is 0 Å². The van der Waals surface area contributed by atoms with Gasteiger partial charge < -0.3 is 14.4 Å². The van der Waals surface area contributed by atoms with E-state index in [4.69, 9.17) is 4.74 Å². The molecule has 0 atom stereocenters. The Morgan fingerprint density at radius 1 is 0.727 bits per heavy atom. The van der Waals surface area contributed by atoms with Crippen molar-refractivity contribution in [1.82, 2.24) is 0 Å². The van der Waals surface area contributed by atoms with Gasteiger partial charge in [0, 0.05) is 10.9 Å². The van der Waals surface area contributed by atoms with Crippen LogP contribution in [-0.2, 0) is 10.2 Å². The average Bonchev–Trinajstić information content (AvgIpc) is 2.73. The van der Waals surface area contributed by atoms with Crippen LogP contribution in [0.1, 0.15) is 16.7 Å². The molecule has 0 spiro atoms. The molecule has 3 nitrogen and oxygen atoms in total. The van der Waals surface area contributed by atoms with Crippen molar-refractivity contribution in [3.05, 3.63) is 77.4 Å². The summed E-state index contributed by atoms with van der Waals surface area (Å²) in [5, 5.41) is 9.34. The molecule has 0 radical (unpaired) electrons. The van der Waals surface area contributed by atoms with Crippen molar-refractivity contribution >= 4 is 23.1 Å². The summed E-state index contributed by atoms with van der Waals surface area (Å²) in [6.45, 7) is 3.29. The summed E-state index contributed by atoms with van der Waals surface area (Å²) in [7, 11) is -4.36. The highest BCUT2D eigenvalue weighted by atomic mass is 31.2. The molecule has 10 heteroatoms. The normalized spacial score (nSPS) is 15.4. The van der Waals surface area contributed by atoms with E-state index >= 15 is 0 Å². The highest BCUT2D eigenvalue weighted by molar-refractivity contribution is 7.85. The molecule has 3 aromatic carbocycles. The molecule has 33 heavy (non-hydrogen) atoms. The van der Waals surface area contributed by atoms with E-state index in [-0.39, 0.29) is 22.1 Å². The van der Waals surface area contributed by atoms with Crippen LogP contribution in [0.3, 0.4) is 0 Å². The van der Waals surface area contributed by atoms with E-state index in [1.807, 2.05) is 0 Å². The lowest BCUT2D eigenvalue weighted by Gasteiger charge is -2.37. The third-order valence-corrected chi connectivity index (χ3v) is 8.71. The summed E-state index contributed by atoms with van der Waals surface area (Å²) in [5.41, 5.74) is -5.61. The Labute approximate surface area is 185 Å². The van der Waals surface area contributed by atoms with Crippen LogP contribution < -0.4 is 20.7 Å². The fourth-order valence-electron chi connectivity index (χ4n) is 3.95. The minimum absolute atomic E-state index is 0.0419. The number of hydrogen-bond acceptors (Lipinski definition) is 3. The maximum absolute atomic E-state index is 14.8. The van der Waals surface area contributed by atoms with Crippen LogP contribution in [-0.4, -0.2) is 17.5 Å². The van der Waals surface area contributed by atoms with Gasteiger partial charge in [0.1, 0.15) is 11.5 Å². The van der Waals surface area contributed by atoms with E-state index in [9.17, 15) is 36.0 Å². The third-order valence-electron chi connectivity index (χ3n) is 5.58. The predicted molar refractivity (Wildman–Crippen MR) is 111 cm³/mol. The largest absolute Gasteiger partial charge is 0.456 e.